The minimum absolute atomic E-state index is 0.0700. The van der Waals surface area contributed by atoms with Gasteiger partial charge in [0.2, 0.25) is 10.0 Å². The van der Waals surface area contributed by atoms with Gasteiger partial charge in [-0.15, -0.1) is 10.2 Å². The molecule has 0 unspecified atom stereocenters. The van der Waals surface area contributed by atoms with E-state index in [1.807, 2.05) is 11.5 Å². The Morgan fingerprint density at radius 3 is 2.69 bits per heavy atom. The summed E-state index contributed by atoms with van der Waals surface area (Å²) in [5.41, 5.74) is 1.79. The third kappa shape index (κ3) is 3.50. The van der Waals surface area contributed by atoms with Gasteiger partial charge in [-0.1, -0.05) is 19.8 Å². The van der Waals surface area contributed by atoms with E-state index < -0.39 is 10.0 Å². The summed E-state index contributed by atoms with van der Waals surface area (Å²) in [5, 5.41) is 8.83. The number of rotatable bonds is 5. The van der Waals surface area contributed by atoms with Crippen molar-refractivity contribution in [1.29, 1.82) is 0 Å². The molecule has 1 aliphatic heterocycles. The number of pyridine rings is 1. The normalized spacial score (nSPS) is 18.5. The molecule has 3 aromatic heterocycles. The maximum absolute atomic E-state index is 11.9. The zero-order valence-corrected chi connectivity index (χ0v) is 19.2. The maximum atomic E-state index is 11.9. The van der Waals surface area contributed by atoms with Crippen molar-refractivity contribution in [2.24, 2.45) is 0 Å². The highest BCUT2D eigenvalue weighted by Crippen LogP contribution is 2.43. The zero-order chi connectivity index (χ0) is 22.5. The van der Waals surface area contributed by atoms with E-state index in [0.29, 0.717) is 23.1 Å². The van der Waals surface area contributed by atoms with Crippen LogP contribution in [0.2, 0.25) is 0 Å². The first-order chi connectivity index (χ1) is 15.4. The van der Waals surface area contributed by atoms with E-state index in [1.165, 1.54) is 19.0 Å². The second-order valence-electron chi connectivity index (χ2n) is 8.41. The third-order valence-corrected chi connectivity index (χ3v) is 6.77. The van der Waals surface area contributed by atoms with Crippen molar-refractivity contribution in [3.63, 3.8) is 0 Å². The summed E-state index contributed by atoms with van der Waals surface area (Å²) in [6, 6.07) is 2.17. The van der Waals surface area contributed by atoms with Gasteiger partial charge >= 0.3 is 0 Å². The molecule has 5 rings (SSSR count). The van der Waals surface area contributed by atoms with Crippen molar-refractivity contribution in [1.82, 2.24) is 29.7 Å². The Hall–Kier alpha value is -3.08. The van der Waals surface area contributed by atoms with Gasteiger partial charge in [0, 0.05) is 17.8 Å². The molecule has 1 atom stereocenters. The van der Waals surface area contributed by atoms with Gasteiger partial charge in [-0.05, 0) is 32.3 Å². The summed E-state index contributed by atoms with van der Waals surface area (Å²) in [7, 11) is -3.48. The van der Waals surface area contributed by atoms with Crippen LogP contribution in [0.15, 0.2) is 24.7 Å². The summed E-state index contributed by atoms with van der Waals surface area (Å²) < 4.78 is 28.3. The fraction of sp³-hybridized carbons (Fsp3) is 0.476. The molecule has 1 aliphatic carbocycles. The smallest absolute Gasteiger partial charge is 0.229 e. The highest BCUT2D eigenvalue weighted by molar-refractivity contribution is 7.92. The van der Waals surface area contributed by atoms with Crippen molar-refractivity contribution >= 4 is 21.5 Å². The van der Waals surface area contributed by atoms with Crippen LogP contribution in [0, 0.1) is 6.92 Å². The molecular weight excluding hydrogens is 428 g/mol. The highest BCUT2D eigenvalue weighted by Gasteiger charge is 2.39. The van der Waals surface area contributed by atoms with Gasteiger partial charge in [-0.25, -0.2) is 18.4 Å². The first-order valence-corrected chi connectivity index (χ1v) is 12.8. The molecule has 168 valence electrons. The molecule has 0 aromatic carbocycles. The van der Waals surface area contributed by atoms with Crippen LogP contribution in [0.3, 0.4) is 0 Å². The third-order valence-electron chi connectivity index (χ3n) is 6.18. The fourth-order valence-corrected chi connectivity index (χ4v) is 5.43. The lowest BCUT2D eigenvalue weighted by Gasteiger charge is -2.41. The summed E-state index contributed by atoms with van der Waals surface area (Å²) in [6.45, 7) is 4.09. The fourth-order valence-electron chi connectivity index (χ4n) is 4.87. The monoisotopic (exact) mass is 454 g/mol. The average molecular weight is 455 g/mol. The van der Waals surface area contributed by atoms with Crippen LogP contribution in [-0.4, -0.2) is 50.4 Å². The van der Waals surface area contributed by atoms with Crippen molar-refractivity contribution < 1.29 is 8.42 Å². The number of nitrogens with one attached hydrogen (secondary N) is 1. The Balaban J connectivity index is 1.69. The molecule has 0 bridgehead atoms. The Labute approximate surface area is 187 Å². The van der Waals surface area contributed by atoms with E-state index in [-0.39, 0.29) is 6.04 Å². The largest absolute Gasteiger partial charge is 0.342 e. The molecule has 11 heteroatoms. The number of aromatic nitrogens is 6. The summed E-state index contributed by atoms with van der Waals surface area (Å²) in [4.78, 5) is 16.1. The average Bonchev–Trinajstić information content (AvgIpc) is 3.42. The van der Waals surface area contributed by atoms with E-state index in [1.54, 1.807) is 18.5 Å². The van der Waals surface area contributed by atoms with Gasteiger partial charge in [0.15, 0.2) is 17.5 Å². The Morgan fingerprint density at radius 1 is 1.19 bits per heavy atom. The Kier molecular flexibility index (Phi) is 5.07. The molecule has 0 radical (unpaired) electrons. The molecule has 2 aliphatic rings. The van der Waals surface area contributed by atoms with Gasteiger partial charge < -0.3 is 4.90 Å². The van der Waals surface area contributed by atoms with Gasteiger partial charge in [0.1, 0.15) is 11.5 Å². The maximum Gasteiger partial charge on any atom is 0.229 e. The van der Waals surface area contributed by atoms with Gasteiger partial charge in [0.05, 0.1) is 30.4 Å². The predicted octanol–water partition coefficient (Wildman–Crippen LogP) is 3.01. The molecule has 0 saturated heterocycles. The minimum Gasteiger partial charge on any atom is -0.342 e. The first-order valence-electron chi connectivity index (χ1n) is 10.9. The predicted molar refractivity (Wildman–Crippen MR) is 121 cm³/mol. The van der Waals surface area contributed by atoms with Crippen molar-refractivity contribution in [2.45, 2.75) is 58.0 Å². The first kappa shape index (κ1) is 20.8. The summed E-state index contributed by atoms with van der Waals surface area (Å²) in [5.74, 6) is 3.00. The SMILES string of the molecule is CC[C@@H]1c2nnc(C)n2-c2cnc(-c3ccncc3NS(C)(=O)=O)nc2N1C1CCCC1. The lowest BCUT2D eigenvalue weighted by molar-refractivity contribution is 0.468. The van der Waals surface area contributed by atoms with Gasteiger partial charge in [-0.3, -0.25) is 14.3 Å². The highest BCUT2D eigenvalue weighted by atomic mass is 32.2. The van der Waals surface area contributed by atoms with Crippen LogP contribution in [-0.2, 0) is 10.0 Å². The van der Waals surface area contributed by atoms with E-state index in [9.17, 15) is 8.42 Å². The number of hydrogen-bond acceptors (Lipinski definition) is 8. The number of fused-ring (bicyclic) bond motifs is 3. The van der Waals surface area contributed by atoms with E-state index in [0.717, 1.165) is 48.7 Å². The number of anilines is 2. The molecule has 32 heavy (non-hydrogen) atoms. The van der Waals surface area contributed by atoms with Gasteiger partial charge in [-0.2, -0.15) is 0 Å². The van der Waals surface area contributed by atoms with Crippen LogP contribution < -0.4 is 9.62 Å². The number of nitrogens with zero attached hydrogens (tertiary/aromatic N) is 7. The van der Waals surface area contributed by atoms with Crippen molar-refractivity contribution in [3.8, 4) is 17.1 Å². The Morgan fingerprint density at radius 2 is 1.97 bits per heavy atom. The number of sulfonamides is 1. The second kappa shape index (κ2) is 7.80. The molecule has 10 nitrogen and oxygen atoms in total. The van der Waals surface area contributed by atoms with E-state index in [2.05, 4.69) is 36.7 Å². The lowest BCUT2D eigenvalue weighted by atomic mass is 10.0. The summed E-state index contributed by atoms with van der Waals surface area (Å²) in [6.07, 6.45) is 11.5. The minimum atomic E-state index is -3.48. The second-order valence-corrected chi connectivity index (χ2v) is 10.2. The molecule has 1 fully saturated rings. The number of hydrogen-bond donors (Lipinski definition) is 1. The van der Waals surface area contributed by atoms with Crippen molar-refractivity contribution in [2.75, 3.05) is 15.9 Å². The van der Waals surface area contributed by atoms with Crippen molar-refractivity contribution in [3.05, 3.63) is 36.3 Å². The molecule has 1 N–H and O–H groups in total. The van der Waals surface area contributed by atoms with Crippen LogP contribution in [0.25, 0.3) is 17.1 Å². The molecule has 0 spiro atoms. The Bertz CT molecular complexity index is 1270. The number of aryl methyl sites for hydroxylation is 1. The summed E-state index contributed by atoms with van der Waals surface area (Å²) >= 11 is 0. The molecule has 3 aromatic rings. The quantitative estimate of drug-likeness (QED) is 0.625. The van der Waals surface area contributed by atoms with E-state index in [4.69, 9.17) is 4.98 Å². The van der Waals surface area contributed by atoms with Crippen LogP contribution in [0.4, 0.5) is 11.5 Å². The van der Waals surface area contributed by atoms with Crippen LogP contribution in [0.1, 0.15) is 56.7 Å². The van der Waals surface area contributed by atoms with Crippen LogP contribution >= 0.6 is 0 Å². The molecule has 0 amide bonds. The van der Waals surface area contributed by atoms with Crippen LogP contribution in [0.5, 0.6) is 0 Å². The zero-order valence-electron chi connectivity index (χ0n) is 18.4. The van der Waals surface area contributed by atoms with E-state index >= 15 is 0 Å². The lowest BCUT2D eigenvalue weighted by Crippen LogP contribution is -2.42. The molecule has 1 saturated carbocycles. The topological polar surface area (TPSA) is 119 Å². The standard InChI is InChI=1S/C21H26N8O2S/c1-4-17-21-26-25-13(2)28(21)18-12-23-19(24-20(18)29(17)14-7-5-6-8-14)15-9-10-22-11-16(15)27-32(3,30)31/h9-12,14,17,27H,4-8H2,1-3H3/t17-/m1/s1. The van der Waals surface area contributed by atoms with Gasteiger partial charge in [0.25, 0.3) is 0 Å². The molecule has 4 heterocycles. The molecular formula is C21H26N8O2S.